The van der Waals surface area contributed by atoms with Crippen LogP contribution in [-0.4, -0.2) is 53.3 Å². The summed E-state index contributed by atoms with van der Waals surface area (Å²) in [7, 11) is 1.70. The first kappa shape index (κ1) is 16.3. The molecule has 0 aliphatic carbocycles. The van der Waals surface area contributed by atoms with E-state index in [1.165, 1.54) is 5.56 Å². The molecule has 2 unspecified atom stereocenters. The first-order valence-corrected chi connectivity index (χ1v) is 8.76. The van der Waals surface area contributed by atoms with Crippen molar-refractivity contribution < 1.29 is 9.47 Å². The lowest BCUT2D eigenvalue weighted by molar-refractivity contribution is 0.0120. The van der Waals surface area contributed by atoms with Crippen LogP contribution in [0.15, 0.2) is 42.9 Å². The van der Waals surface area contributed by atoms with Crippen molar-refractivity contribution in [3.63, 3.8) is 0 Å². The lowest BCUT2D eigenvalue weighted by atomic mass is 9.97. The fraction of sp³-hybridized carbons (Fsp3) is 0.474. The van der Waals surface area contributed by atoms with E-state index in [0.717, 1.165) is 50.7 Å². The van der Waals surface area contributed by atoms with Crippen molar-refractivity contribution in [2.45, 2.75) is 31.0 Å². The van der Waals surface area contributed by atoms with Gasteiger partial charge in [0.15, 0.2) is 0 Å². The van der Waals surface area contributed by atoms with Gasteiger partial charge in [0, 0.05) is 38.4 Å². The number of nitrogens with one attached hydrogen (secondary N) is 1. The largest absolute Gasteiger partial charge is 0.497 e. The van der Waals surface area contributed by atoms with Gasteiger partial charge in [-0.05, 0) is 24.1 Å². The molecule has 6 nitrogen and oxygen atoms in total. The second-order valence-electron chi connectivity index (χ2n) is 6.94. The minimum atomic E-state index is -0.0215. The van der Waals surface area contributed by atoms with Gasteiger partial charge in [-0.3, -0.25) is 9.88 Å². The van der Waals surface area contributed by atoms with Crippen LogP contribution in [0.3, 0.4) is 0 Å². The first-order chi connectivity index (χ1) is 12.2. The predicted molar refractivity (Wildman–Crippen MR) is 95.6 cm³/mol. The number of hydrogen-bond donors (Lipinski definition) is 1. The minimum Gasteiger partial charge on any atom is -0.497 e. The molecule has 0 saturated carbocycles. The molecule has 2 saturated heterocycles. The number of methoxy groups -OCH3 is 1. The van der Waals surface area contributed by atoms with Crippen molar-refractivity contribution in [2.75, 3.05) is 32.1 Å². The Labute approximate surface area is 148 Å². The number of ether oxygens (including phenoxy) is 2. The van der Waals surface area contributed by atoms with Gasteiger partial charge in [-0.2, -0.15) is 0 Å². The summed E-state index contributed by atoms with van der Waals surface area (Å²) >= 11 is 0. The molecule has 2 atom stereocenters. The van der Waals surface area contributed by atoms with Crippen molar-refractivity contribution in [1.29, 1.82) is 0 Å². The van der Waals surface area contributed by atoms with E-state index in [1.54, 1.807) is 25.7 Å². The number of nitrogens with zero attached hydrogens (tertiary/aromatic N) is 3. The van der Waals surface area contributed by atoms with Gasteiger partial charge in [0.2, 0.25) is 0 Å². The summed E-state index contributed by atoms with van der Waals surface area (Å²) in [6, 6.07) is 8.62. The third kappa shape index (κ3) is 3.75. The predicted octanol–water partition coefficient (Wildman–Crippen LogP) is 2.33. The molecule has 1 spiro atoms. The maximum absolute atomic E-state index is 6.22. The molecule has 25 heavy (non-hydrogen) atoms. The number of benzene rings is 1. The Kier molecular flexibility index (Phi) is 4.55. The second kappa shape index (κ2) is 6.98. The maximum Gasteiger partial charge on any atom is 0.144 e. The van der Waals surface area contributed by atoms with Crippen molar-refractivity contribution in [3.8, 4) is 5.75 Å². The van der Waals surface area contributed by atoms with Crippen LogP contribution in [-0.2, 0) is 11.3 Å². The first-order valence-electron chi connectivity index (χ1n) is 8.76. The highest BCUT2D eigenvalue weighted by Crippen LogP contribution is 2.36. The molecule has 1 aromatic carbocycles. The molecule has 2 fully saturated rings. The molecular formula is C19H24N4O2. The highest BCUT2D eigenvalue weighted by Gasteiger charge is 2.45. The van der Waals surface area contributed by atoms with Gasteiger partial charge < -0.3 is 14.8 Å². The molecular weight excluding hydrogens is 316 g/mol. The van der Waals surface area contributed by atoms with Gasteiger partial charge in [0.1, 0.15) is 11.6 Å². The highest BCUT2D eigenvalue weighted by molar-refractivity contribution is 5.32. The fourth-order valence-electron chi connectivity index (χ4n) is 3.86. The van der Waals surface area contributed by atoms with Crippen molar-refractivity contribution in [3.05, 3.63) is 48.4 Å². The third-order valence-electron chi connectivity index (χ3n) is 5.08. The van der Waals surface area contributed by atoms with Gasteiger partial charge in [0.25, 0.3) is 0 Å². The van der Waals surface area contributed by atoms with Crippen molar-refractivity contribution >= 4 is 5.82 Å². The van der Waals surface area contributed by atoms with E-state index in [-0.39, 0.29) is 5.60 Å². The molecule has 1 aromatic heterocycles. The zero-order valence-electron chi connectivity index (χ0n) is 14.5. The van der Waals surface area contributed by atoms with E-state index in [0.29, 0.717) is 6.04 Å². The van der Waals surface area contributed by atoms with Crippen LogP contribution in [0.4, 0.5) is 5.82 Å². The molecule has 4 rings (SSSR count). The molecule has 1 N–H and O–H groups in total. The minimum absolute atomic E-state index is 0.0215. The van der Waals surface area contributed by atoms with Gasteiger partial charge in [0.05, 0.1) is 31.6 Å². The Hall–Kier alpha value is -2.18. The third-order valence-corrected chi connectivity index (χ3v) is 5.08. The molecule has 6 heteroatoms. The Morgan fingerprint density at radius 1 is 1.32 bits per heavy atom. The van der Waals surface area contributed by atoms with Gasteiger partial charge in [-0.25, -0.2) is 4.98 Å². The van der Waals surface area contributed by atoms with Crippen LogP contribution in [0.5, 0.6) is 5.75 Å². The SMILES string of the molecule is COc1ccc(CN2CCC3(CC(Nc4cnccn4)CO3)C2)cc1. The molecule has 0 radical (unpaired) electrons. The van der Waals surface area contributed by atoms with E-state index >= 15 is 0 Å². The van der Waals surface area contributed by atoms with E-state index in [4.69, 9.17) is 9.47 Å². The van der Waals surface area contributed by atoms with Crippen LogP contribution in [0.1, 0.15) is 18.4 Å². The van der Waals surface area contributed by atoms with Crippen LogP contribution in [0, 0.1) is 0 Å². The van der Waals surface area contributed by atoms with Crippen LogP contribution in [0.25, 0.3) is 0 Å². The van der Waals surface area contributed by atoms with Gasteiger partial charge >= 0.3 is 0 Å². The van der Waals surface area contributed by atoms with Crippen molar-refractivity contribution in [2.24, 2.45) is 0 Å². The lowest BCUT2D eigenvalue weighted by Crippen LogP contribution is -2.33. The molecule has 2 aliphatic heterocycles. The summed E-state index contributed by atoms with van der Waals surface area (Å²) in [6.45, 7) is 3.74. The fourth-order valence-corrected chi connectivity index (χ4v) is 3.86. The van der Waals surface area contributed by atoms with Gasteiger partial charge in [-0.15, -0.1) is 0 Å². The number of rotatable bonds is 5. The average molecular weight is 340 g/mol. The molecule has 2 aromatic rings. The summed E-state index contributed by atoms with van der Waals surface area (Å²) < 4.78 is 11.4. The van der Waals surface area contributed by atoms with Crippen LogP contribution >= 0.6 is 0 Å². The number of anilines is 1. The Bertz CT molecular complexity index is 694. The highest BCUT2D eigenvalue weighted by atomic mass is 16.5. The Morgan fingerprint density at radius 2 is 2.20 bits per heavy atom. The molecule has 132 valence electrons. The quantitative estimate of drug-likeness (QED) is 0.901. The van der Waals surface area contributed by atoms with E-state index < -0.39 is 0 Å². The summed E-state index contributed by atoms with van der Waals surface area (Å²) in [5.74, 6) is 1.72. The number of hydrogen-bond acceptors (Lipinski definition) is 6. The Balaban J connectivity index is 1.32. The Morgan fingerprint density at radius 3 is 2.96 bits per heavy atom. The number of likely N-dealkylation sites (tertiary alicyclic amines) is 1. The van der Waals surface area contributed by atoms with Gasteiger partial charge in [-0.1, -0.05) is 12.1 Å². The lowest BCUT2D eigenvalue weighted by Gasteiger charge is -2.23. The van der Waals surface area contributed by atoms with E-state index in [1.807, 2.05) is 12.1 Å². The topological polar surface area (TPSA) is 59.5 Å². The van der Waals surface area contributed by atoms with E-state index in [9.17, 15) is 0 Å². The molecule has 0 amide bonds. The summed E-state index contributed by atoms with van der Waals surface area (Å²) in [6.07, 6.45) is 7.26. The summed E-state index contributed by atoms with van der Waals surface area (Å²) in [4.78, 5) is 10.9. The second-order valence-corrected chi connectivity index (χ2v) is 6.94. The van der Waals surface area contributed by atoms with Crippen molar-refractivity contribution in [1.82, 2.24) is 14.9 Å². The molecule has 3 heterocycles. The zero-order valence-corrected chi connectivity index (χ0v) is 14.5. The summed E-state index contributed by atoms with van der Waals surface area (Å²) in [5.41, 5.74) is 1.29. The molecule has 2 aliphatic rings. The molecule has 0 bridgehead atoms. The smallest absolute Gasteiger partial charge is 0.144 e. The average Bonchev–Trinajstić information content (AvgIpc) is 3.23. The van der Waals surface area contributed by atoms with Crippen LogP contribution < -0.4 is 10.1 Å². The summed E-state index contributed by atoms with van der Waals surface area (Å²) in [5, 5.41) is 3.44. The monoisotopic (exact) mass is 340 g/mol. The zero-order chi connectivity index (χ0) is 17.1. The maximum atomic E-state index is 6.22. The normalized spacial score (nSPS) is 26.2. The van der Waals surface area contributed by atoms with E-state index in [2.05, 4.69) is 32.3 Å². The number of aromatic nitrogens is 2. The van der Waals surface area contributed by atoms with Crippen LogP contribution in [0.2, 0.25) is 0 Å². The standard InChI is InChI=1S/C19H24N4O2/c1-24-17-4-2-15(3-5-17)12-23-9-6-19(14-23)10-16(13-25-19)22-18-11-20-7-8-21-18/h2-5,7-8,11,16H,6,9-10,12-14H2,1H3,(H,21,22).